The third-order valence-corrected chi connectivity index (χ3v) is 7.00. The molecular formula is C22H30N2O3S2. The van der Waals surface area contributed by atoms with Crippen LogP contribution in [0.3, 0.4) is 0 Å². The molecule has 0 heterocycles. The van der Waals surface area contributed by atoms with Crippen LogP contribution in [-0.4, -0.2) is 38.9 Å². The number of thioether (sulfide) groups is 1. The Balaban J connectivity index is 1.92. The van der Waals surface area contributed by atoms with Gasteiger partial charge in [0.1, 0.15) is 6.04 Å². The standard InChI is InChI=1S/C22H30N2O3S2/c1-5-19-10-12-21(13-11-19)24(29(4,26)27)18(3)22(25)23-14-15-28-16-20-9-7-6-8-17(20)2/h6-13,18H,5,14-16H2,1-4H3,(H,23,25). The molecule has 0 aromatic heterocycles. The van der Waals surface area contributed by atoms with Gasteiger partial charge < -0.3 is 5.32 Å². The Hall–Kier alpha value is -1.99. The van der Waals surface area contributed by atoms with E-state index in [1.54, 1.807) is 30.8 Å². The molecule has 0 aliphatic carbocycles. The lowest BCUT2D eigenvalue weighted by Gasteiger charge is -2.28. The fourth-order valence-electron chi connectivity index (χ4n) is 3.04. The minimum Gasteiger partial charge on any atom is -0.353 e. The van der Waals surface area contributed by atoms with Crippen molar-refractivity contribution in [2.75, 3.05) is 22.9 Å². The van der Waals surface area contributed by atoms with Crippen molar-refractivity contribution in [3.63, 3.8) is 0 Å². The summed E-state index contributed by atoms with van der Waals surface area (Å²) in [4.78, 5) is 12.6. The van der Waals surface area contributed by atoms with E-state index >= 15 is 0 Å². The van der Waals surface area contributed by atoms with Gasteiger partial charge in [0.2, 0.25) is 15.9 Å². The van der Waals surface area contributed by atoms with E-state index in [2.05, 4.69) is 24.4 Å². The maximum atomic E-state index is 12.6. The maximum absolute atomic E-state index is 12.6. The van der Waals surface area contributed by atoms with Crippen LogP contribution in [-0.2, 0) is 27.0 Å². The Morgan fingerprint density at radius 1 is 1.14 bits per heavy atom. The monoisotopic (exact) mass is 434 g/mol. The first-order chi connectivity index (χ1) is 13.7. The molecule has 2 aromatic carbocycles. The number of rotatable bonds is 10. The van der Waals surface area contributed by atoms with Crippen LogP contribution < -0.4 is 9.62 Å². The van der Waals surface area contributed by atoms with Gasteiger partial charge in [-0.2, -0.15) is 11.8 Å². The highest BCUT2D eigenvalue weighted by molar-refractivity contribution is 7.98. The Morgan fingerprint density at radius 2 is 1.79 bits per heavy atom. The van der Waals surface area contributed by atoms with Gasteiger partial charge in [-0.25, -0.2) is 8.42 Å². The largest absolute Gasteiger partial charge is 0.353 e. The second-order valence-electron chi connectivity index (χ2n) is 7.02. The van der Waals surface area contributed by atoms with E-state index in [1.165, 1.54) is 15.4 Å². The van der Waals surface area contributed by atoms with E-state index in [9.17, 15) is 13.2 Å². The molecule has 0 spiro atoms. The zero-order valence-corrected chi connectivity index (χ0v) is 19.1. The van der Waals surface area contributed by atoms with Gasteiger partial charge >= 0.3 is 0 Å². The summed E-state index contributed by atoms with van der Waals surface area (Å²) in [6.07, 6.45) is 2.00. The first-order valence-electron chi connectivity index (χ1n) is 9.72. The highest BCUT2D eigenvalue weighted by Crippen LogP contribution is 2.22. The van der Waals surface area contributed by atoms with Gasteiger partial charge in [0, 0.05) is 18.1 Å². The molecule has 0 aliphatic heterocycles. The van der Waals surface area contributed by atoms with Crippen LogP contribution >= 0.6 is 11.8 Å². The van der Waals surface area contributed by atoms with Gasteiger partial charge in [-0.05, 0) is 49.1 Å². The van der Waals surface area contributed by atoms with E-state index in [0.29, 0.717) is 12.2 Å². The molecule has 29 heavy (non-hydrogen) atoms. The van der Waals surface area contributed by atoms with Gasteiger partial charge in [-0.3, -0.25) is 9.10 Å². The molecule has 0 fully saturated rings. The van der Waals surface area contributed by atoms with Crippen molar-refractivity contribution in [3.8, 4) is 0 Å². The number of carbonyl (C=O) groups excluding carboxylic acids is 1. The third-order valence-electron chi connectivity index (χ3n) is 4.75. The first-order valence-corrected chi connectivity index (χ1v) is 12.7. The summed E-state index contributed by atoms with van der Waals surface area (Å²) in [5.41, 5.74) is 4.16. The van der Waals surface area contributed by atoms with Crippen LogP contribution in [0.15, 0.2) is 48.5 Å². The molecule has 0 bridgehead atoms. The molecule has 0 aliphatic rings. The molecule has 1 N–H and O–H groups in total. The highest BCUT2D eigenvalue weighted by atomic mass is 32.2. The van der Waals surface area contributed by atoms with Crippen LogP contribution in [0.1, 0.15) is 30.5 Å². The molecule has 2 aromatic rings. The molecule has 0 radical (unpaired) electrons. The zero-order valence-electron chi connectivity index (χ0n) is 17.5. The predicted octanol–water partition coefficient (Wildman–Crippen LogP) is 3.76. The number of sulfonamides is 1. The van der Waals surface area contributed by atoms with Gasteiger partial charge in [0.25, 0.3) is 0 Å². The minimum absolute atomic E-state index is 0.300. The number of anilines is 1. The molecule has 1 amide bonds. The van der Waals surface area contributed by atoms with E-state index < -0.39 is 16.1 Å². The number of nitrogens with zero attached hydrogens (tertiary/aromatic N) is 1. The first kappa shape index (κ1) is 23.3. The van der Waals surface area contributed by atoms with Gasteiger partial charge in [0.05, 0.1) is 11.9 Å². The number of benzene rings is 2. The maximum Gasteiger partial charge on any atom is 0.243 e. The number of carbonyl (C=O) groups is 1. The number of hydrogen-bond donors (Lipinski definition) is 1. The Labute approximate surface area is 178 Å². The fourth-order valence-corrected chi connectivity index (χ4v) is 5.15. The van der Waals surface area contributed by atoms with E-state index in [1.807, 2.05) is 31.2 Å². The summed E-state index contributed by atoms with van der Waals surface area (Å²) in [5, 5.41) is 2.86. The number of hydrogen-bond acceptors (Lipinski definition) is 4. The van der Waals surface area contributed by atoms with Crippen LogP contribution in [0, 0.1) is 6.92 Å². The minimum atomic E-state index is -3.59. The Morgan fingerprint density at radius 3 is 2.38 bits per heavy atom. The van der Waals surface area contributed by atoms with Crippen molar-refractivity contribution in [1.29, 1.82) is 0 Å². The molecule has 7 heteroatoms. The third kappa shape index (κ3) is 6.78. The fraction of sp³-hybridized carbons (Fsp3) is 0.409. The topological polar surface area (TPSA) is 66.5 Å². The SMILES string of the molecule is CCc1ccc(N(C(C)C(=O)NCCSCc2ccccc2C)S(C)(=O)=O)cc1. The second kappa shape index (κ2) is 10.7. The average molecular weight is 435 g/mol. The van der Waals surface area contributed by atoms with Crippen LogP contribution in [0.25, 0.3) is 0 Å². The smallest absolute Gasteiger partial charge is 0.243 e. The zero-order chi connectivity index (χ0) is 21.4. The average Bonchev–Trinajstić information content (AvgIpc) is 2.68. The molecule has 0 saturated carbocycles. The lowest BCUT2D eigenvalue weighted by Crippen LogP contribution is -2.48. The van der Waals surface area contributed by atoms with Crippen molar-refractivity contribution >= 4 is 33.4 Å². The summed E-state index contributed by atoms with van der Waals surface area (Å²) < 4.78 is 25.9. The van der Waals surface area contributed by atoms with E-state index in [4.69, 9.17) is 0 Å². The van der Waals surface area contributed by atoms with Crippen molar-refractivity contribution in [1.82, 2.24) is 5.32 Å². The number of amides is 1. The highest BCUT2D eigenvalue weighted by Gasteiger charge is 2.28. The van der Waals surface area contributed by atoms with Crippen LogP contribution in [0.4, 0.5) is 5.69 Å². The second-order valence-corrected chi connectivity index (χ2v) is 9.99. The molecular weight excluding hydrogens is 404 g/mol. The van der Waals surface area contributed by atoms with Crippen LogP contribution in [0.5, 0.6) is 0 Å². The van der Waals surface area contributed by atoms with E-state index in [0.717, 1.165) is 29.7 Å². The molecule has 158 valence electrons. The van der Waals surface area contributed by atoms with Gasteiger partial charge in [0.15, 0.2) is 0 Å². The predicted molar refractivity (Wildman–Crippen MR) is 123 cm³/mol. The normalized spacial score (nSPS) is 12.4. The number of nitrogens with one attached hydrogen (secondary N) is 1. The number of aryl methyl sites for hydroxylation is 2. The lowest BCUT2D eigenvalue weighted by molar-refractivity contribution is -0.121. The summed E-state index contributed by atoms with van der Waals surface area (Å²) in [7, 11) is -3.59. The summed E-state index contributed by atoms with van der Waals surface area (Å²) >= 11 is 1.74. The summed E-state index contributed by atoms with van der Waals surface area (Å²) in [5.74, 6) is 1.35. The lowest BCUT2D eigenvalue weighted by atomic mass is 10.1. The Bertz CT molecular complexity index is 912. The molecule has 5 nitrogen and oxygen atoms in total. The van der Waals surface area contributed by atoms with Gasteiger partial charge in [-0.15, -0.1) is 0 Å². The quantitative estimate of drug-likeness (QED) is 0.578. The summed E-state index contributed by atoms with van der Waals surface area (Å²) in [6, 6.07) is 14.7. The van der Waals surface area contributed by atoms with Gasteiger partial charge in [-0.1, -0.05) is 43.3 Å². The summed E-state index contributed by atoms with van der Waals surface area (Å²) in [6.45, 7) is 6.24. The van der Waals surface area contributed by atoms with Crippen LogP contribution in [0.2, 0.25) is 0 Å². The van der Waals surface area contributed by atoms with Crippen molar-refractivity contribution in [2.24, 2.45) is 0 Å². The molecule has 1 unspecified atom stereocenters. The van der Waals surface area contributed by atoms with Crippen molar-refractivity contribution < 1.29 is 13.2 Å². The molecule has 2 rings (SSSR count). The Kier molecular flexibility index (Phi) is 8.59. The van der Waals surface area contributed by atoms with E-state index in [-0.39, 0.29) is 5.91 Å². The molecule has 0 saturated heterocycles. The van der Waals surface area contributed by atoms with Crippen molar-refractivity contribution in [3.05, 3.63) is 65.2 Å². The van der Waals surface area contributed by atoms with Crippen molar-refractivity contribution in [2.45, 2.75) is 39.0 Å². The molecule has 1 atom stereocenters.